The van der Waals surface area contributed by atoms with Crippen molar-refractivity contribution < 1.29 is 4.74 Å². The van der Waals surface area contributed by atoms with Crippen LogP contribution in [-0.4, -0.2) is 49.7 Å². The normalized spacial score (nSPS) is 18.1. The van der Waals surface area contributed by atoms with Gasteiger partial charge < -0.3 is 20.3 Å². The number of aliphatic imine (C=N–C) groups is 1. The molecule has 0 aliphatic carbocycles. The molecule has 0 spiro atoms. The molecule has 1 aliphatic heterocycles. The number of ether oxygens (including phenoxy) is 1. The lowest BCUT2D eigenvalue weighted by Crippen LogP contribution is -2.40. The van der Waals surface area contributed by atoms with Gasteiger partial charge in [0, 0.05) is 32.2 Å². The van der Waals surface area contributed by atoms with Gasteiger partial charge in [-0.2, -0.15) is 0 Å². The molecular weight excluding hydrogens is 451 g/mol. The Morgan fingerprint density at radius 2 is 2.00 bits per heavy atom. The standard InChI is InChI=1S/C21H36N4O.HI/c1-6-12-25-13-11-17(16-25)14-23-20(22-5)24-15-18-9-7-8-10-19(18)26-21(2,3)4;/h7-10,17H,6,11-16H2,1-5H3,(H2,22,23,24);1H. The Morgan fingerprint density at radius 3 is 2.67 bits per heavy atom. The molecular formula is C21H37IN4O. The second-order valence-corrected chi connectivity index (χ2v) is 8.08. The van der Waals surface area contributed by atoms with E-state index in [0.717, 1.165) is 23.8 Å². The monoisotopic (exact) mass is 488 g/mol. The number of hydrogen-bond donors (Lipinski definition) is 2. The fourth-order valence-electron chi connectivity index (χ4n) is 3.32. The molecule has 1 aromatic rings. The third-order valence-corrected chi connectivity index (χ3v) is 4.53. The number of likely N-dealkylation sites (tertiary alicyclic amines) is 1. The molecule has 5 nitrogen and oxygen atoms in total. The number of rotatable bonds is 7. The smallest absolute Gasteiger partial charge is 0.191 e. The first-order chi connectivity index (χ1) is 12.4. The summed E-state index contributed by atoms with van der Waals surface area (Å²) in [5, 5.41) is 6.90. The number of nitrogens with zero attached hydrogens (tertiary/aromatic N) is 2. The molecule has 1 unspecified atom stereocenters. The average molecular weight is 488 g/mol. The van der Waals surface area contributed by atoms with Crippen LogP contribution >= 0.6 is 24.0 Å². The van der Waals surface area contributed by atoms with Gasteiger partial charge in [0.25, 0.3) is 0 Å². The van der Waals surface area contributed by atoms with E-state index in [4.69, 9.17) is 4.74 Å². The predicted octanol–water partition coefficient (Wildman–Crippen LogP) is 3.88. The maximum atomic E-state index is 6.07. The molecule has 1 atom stereocenters. The van der Waals surface area contributed by atoms with Crippen LogP contribution in [0.15, 0.2) is 29.3 Å². The summed E-state index contributed by atoms with van der Waals surface area (Å²) in [7, 11) is 1.82. The molecule has 154 valence electrons. The van der Waals surface area contributed by atoms with Crippen LogP contribution in [0, 0.1) is 5.92 Å². The van der Waals surface area contributed by atoms with E-state index >= 15 is 0 Å². The van der Waals surface area contributed by atoms with Crippen molar-refractivity contribution in [2.45, 2.75) is 52.7 Å². The van der Waals surface area contributed by atoms with E-state index in [0.29, 0.717) is 12.5 Å². The zero-order chi connectivity index (χ0) is 19.0. The summed E-state index contributed by atoms with van der Waals surface area (Å²) in [4.78, 5) is 6.92. The fourth-order valence-corrected chi connectivity index (χ4v) is 3.32. The van der Waals surface area contributed by atoms with Crippen LogP contribution in [0.3, 0.4) is 0 Å². The van der Waals surface area contributed by atoms with E-state index in [1.54, 1.807) is 0 Å². The quantitative estimate of drug-likeness (QED) is 0.348. The maximum Gasteiger partial charge on any atom is 0.191 e. The fraction of sp³-hybridized carbons (Fsp3) is 0.667. The van der Waals surface area contributed by atoms with Crippen molar-refractivity contribution in [3.8, 4) is 5.75 Å². The summed E-state index contributed by atoms with van der Waals surface area (Å²) in [5.74, 6) is 2.48. The van der Waals surface area contributed by atoms with Gasteiger partial charge in [0.05, 0.1) is 0 Å². The molecule has 1 heterocycles. The SMILES string of the molecule is CCCN1CCC(CNC(=NC)NCc2ccccc2OC(C)(C)C)C1.I. The van der Waals surface area contributed by atoms with Crippen LogP contribution in [0.4, 0.5) is 0 Å². The maximum absolute atomic E-state index is 6.07. The van der Waals surface area contributed by atoms with Crippen LogP contribution in [0.2, 0.25) is 0 Å². The van der Waals surface area contributed by atoms with Crippen molar-refractivity contribution in [1.29, 1.82) is 0 Å². The minimum absolute atomic E-state index is 0. The number of benzene rings is 1. The van der Waals surface area contributed by atoms with E-state index in [1.165, 1.54) is 32.5 Å². The van der Waals surface area contributed by atoms with Crippen LogP contribution in [-0.2, 0) is 6.54 Å². The lowest BCUT2D eigenvalue weighted by Gasteiger charge is -2.23. The average Bonchev–Trinajstić information content (AvgIpc) is 3.03. The van der Waals surface area contributed by atoms with E-state index in [2.05, 4.69) is 54.3 Å². The van der Waals surface area contributed by atoms with E-state index < -0.39 is 0 Å². The highest BCUT2D eigenvalue weighted by Gasteiger charge is 2.21. The lowest BCUT2D eigenvalue weighted by atomic mass is 10.1. The number of guanidine groups is 1. The Morgan fingerprint density at radius 1 is 1.26 bits per heavy atom. The van der Waals surface area contributed by atoms with Gasteiger partial charge in [-0.05, 0) is 58.7 Å². The molecule has 1 aliphatic rings. The first kappa shape index (κ1) is 24.0. The van der Waals surface area contributed by atoms with Gasteiger partial charge in [0.2, 0.25) is 0 Å². The molecule has 1 aromatic carbocycles. The molecule has 1 saturated heterocycles. The highest BCUT2D eigenvalue weighted by Crippen LogP contribution is 2.22. The Labute approximate surface area is 182 Å². The van der Waals surface area contributed by atoms with Gasteiger partial charge in [0.1, 0.15) is 11.4 Å². The van der Waals surface area contributed by atoms with E-state index in [1.807, 2.05) is 25.2 Å². The molecule has 6 heteroatoms. The number of nitrogens with one attached hydrogen (secondary N) is 2. The van der Waals surface area contributed by atoms with E-state index in [-0.39, 0.29) is 29.6 Å². The number of halogens is 1. The second-order valence-electron chi connectivity index (χ2n) is 8.08. The predicted molar refractivity (Wildman–Crippen MR) is 125 cm³/mol. The largest absolute Gasteiger partial charge is 0.488 e. The summed E-state index contributed by atoms with van der Waals surface area (Å²) >= 11 is 0. The highest BCUT2D eigenvalue weighted by molar-refractivity contribution is 14.0. The molecule has 0 amide bonds. The van der Waals surface area contributed by atoms with Crippen LogP contribution in [0.25, 0.3) is 0 Å². The van der Waals surface area contributed by atoms with Gasteiger partial charge in [-0.15, -0.1) is 24.0 Å². The van der Waals surface area contributed by atoms with Crippen molar-refractivity contribution in [3.63, 3.8) is 0 Å². The first-order valence-electron chi connectivity index (χ1n) is 9.85. The molecule has 1 fully saturated rings. The zero-order valence-electron chi connectivity index (χ0n) is 17.5. The van der Waals surface area contributed by atoms with Crippen LogP contribution in [0.1, 0.15) is 46.1 Å². The topological polar surface area (TPSA) is 48.9 Å². The highest BCUT2D eigenvalue weighted by atomic mass is 127. The first-order valence-corrected chi connectivity index (χ1v) is 9.85. The van der Waals surface area contributed by atoms with Crippen molar-refractivity contribution in [2.75, 3.05) is 33.2 Å². The molecule has 2 rings (SSSR count). The van der Waals surface area contributed by atoms with Gasteiger partial charge in [-0.3, -0.25) is 4.99 Å². The van der Waals surface area contributed by atoms with Crippen LogP contribution in [0.5, 0.6) is 5.75 Å². The summed E-state index contributed by atoms with van der Waals surface area (Å²) in [5.41, 5.74) is 0.934. The third kappa shape index (κ3) is 8.68. The second kappa shape index (κ2) is 11.7. The lowest BCUT2D eigenvalue weighted by molar-refractivity contribution is 0.129. The van der Waals surface area contributed by atoms with Gasteiger partial charge in [0.15, 0.2) is 5.96 Å². The van der Waals surface area contributed by atoms with Crippen molar-refractivity contribution in [3.05, 3.63) is 29.8 Å². The minimum Gasteiger partial charge on any atom is -0.488 e. The van der Waals surface area contributed by atoms with Crippen LogP contribution < -0.4 is 15.4 Å². The van der Waals surface area contributed by atoms with Gasteiger partial charge in [-0.1, -0.05) is 25.1 Å². The molecule has 27 heavy (non-hydrogen) atoms. The summed E-state index contributed by atoms with van der Waals surface area (Å²) in [6.45, 7) is 13.8. The summed E-state index contributed by atoms with van der Waals surface area (Å²) in [6, 6.07) is 8.18. The third-order valence-electron chi connectivity index (χ3n) is 4.53. The molecule has 2 N–H and O–H groups in total. The Hall–Kier alpha value is -1.02. The van der Waals surface area contributed by atoms with E-state index in [9.17, 15) is 0 Å². The molecule has 0 radical (unpaired) electrons. The molecule has 0 aromatic heterocycles. The van der Waals surface area contributed by atoms with Gasteiger partial charge >= 0.3 is 0 Å². The van der Waals surface area contributed by atoms with Crippen molar-refractivity contribution in [2.24, 2.45) is 10.9 Å². The minimum atomic E-state index is -0.205. The molecule has 0 bridgehead atoms. The van der Waals surface area contributed by atoms with Crippen molar-refractivity contribution >= 4 is 29.9 Å². The summed E-state index contributed by atoms with van der Waals surface area (Å²) in [6.07, 6.45) is 2.51. The molecule has 0 saturated carbocycles. The zero-order valence-corrected chi connectivity index (χ0v) is 19.9. The van der Waals surface area contributed by atoms with Gasteiger partial charge in [-0.25, -0.2) is 0 Å². The Kier molecular flexibility index (Phi) is 10.4. The summed E-state index contributed by atoms with van der Waals surface area (Å²) < 4.78 is 6.07. The number of hydrogen-bond acceptors (Lipinski definition) is 3. The Bertz CT molecular complexity index is 586. The Balaban J connectivity index is 0.00000364. The van der Waals surface area contributed by atoms with Crippen molar-refractivity contribution in [1.82, 2.24) is 15.5 Å². The number of para-hydroxylation sites is 1.